The molecule has 0 saturated carbocycles. The van der Waals surface area contributed by atoms with E-state index in [0.717, 1.165) is 28.5 Å². The Morgan fingerprint density at radius 2 is 2.36 bits per heavy atom. The Hall–Kier alpha value is -1.92. The maximum Gasteiger partial charge on any atom is 0.335 e. The Balaban J connectivity index is 1.84. The Kier molecular flexibility index (Phi) is 4.40. The van der Waals surface area contributed by atoms with Gasteiger partial charge in [-0.2, -0.15) is 0 Å². The van der Waals surface area contributed by atoms with Gasteiger partial charge in [-0.3, -0.25) is 0 Å². The number of hydrogen-bond donors (Lipinski definition) is 1. The highest BCUT2D eigenvalue weighted by Crippen LogP contribution is 2.30. The van der Waals surface area contributed by atoms with Gasteiger partial charge < -0.3 is 14.6 Å². The third-order valence-corrected chi connectivity index (χ3v) is 4.49. The molecule has 6 heteroatoms. The number of aromatic nitrogens is 1. The van der Waals surface area contributed by atoms with Gasteiger partial charge >= 0.3 is 5.97 Å². The second-order valence-corrected chi connectivity index (χ2v) is 6.60. The number of thiazole rings is 1. The molecule has 2 heterocycles. The van der Waals surface area contributed by atoms with Crippen molar-refractivity contribution in [3.05, 3.63) is 34.8 Å². The van der Waals surface area contributed by atoms with Crippen molar-refractivity contribution >= 4 is 17.3 Å². The van der Waals surface area contributed by atoms with E-state index in [2.05, 4.69) is 4.98 Å². The van der Waals surface area contributed by atoms with Crippen molar-refractivity contribution in [2.75, 3.05) is 19.8 Å². The summed E-state index contributed by atoms with van der Waals surface area (Å²) in [4.78, 5) is 16.7. The number of nitrogens with zero attached hydrogens (tertiary/aromatic N) is 1. The van der Waals surface area contributed by atoms with Crippen LogP contribution in [-0.2, 0) is 4.74 Å². The first kappa shape index (κ1) is 15.0. The van der Waals surface area contributed by atoms with Gasteiger partial charge in [0.2, 0.25) is 0 Å². The third kappa shape index (κ3) is 3.45. The molecule has 116 valence electrons. The smallest absolute Gasteiger partial charge is 0.335 e. The van der Waals surface area contributed by atoms with Crippen molar-refractivity contribution in [1.29, 1.82) is 0 Å². The average Bonchev–Trinajstić information content (AvgIpc) is 3.16. The van der Waals surface area contributed by atoms with Crippen LogP contribution in [0.1, 0.15) is 21.7 Å². The number of carboxylic acid groups (broad SMARTS) is 1. The van der Waals surface area contributed by atoms with E-state index in [-0.39, 0.29) is 5.56 Å². The second kappa shape index (κ2) is 6.46. The number of benzene rings is 1. The average molecular weight is 319 g/mol. The maximum atomic E-state index is 11.3. The number of aromatic carboxylic acids is 1. The van der Waals surface area contributed by atoms with Crippen LogP contribution in [0.2, 0.25) is 0 Å². The molecule has 5 nitrogen and oxygen atoms in total. The standard InChI is InChI=1S/C16H17NO4S/c1-10-7-17-15(22-10)12-4-13(16(18)19)6-14(5-12)21-9-11-2-3-20-8-11/h4-7,11H,2-3,8-9H2,1H3,(H,18,19)/t11-/m0/s1. The van der Waals surface area contributed by atoms with Crippen molar-refractivity contribution in [2.45, 2.75) is 13.3 Å². The molecule has 0 aliphatic carbocycles. The van der Waals surface area contributed by atoms with E-state index >= 15 is 0 Å². The molecule has 1 fully saturated rings. The molecule has 0 spiro atoms. The number of ether oxygens (including phenoxy) is 2. The molecule has 1 aliphatic heterocycles. The number of hydrogen-bond acceptors (Lipinski definition) is 5. The minimum Gasteiger partial charge on any atom is -0.493 e. The van der Waals surface area contributed by atoms with Crippen molar-refractivity contribution in [3.63, 3.8) is 0 Å². The zero-order chi connectivity index (χ0) is 15.5. The number of carbonyl (C=O) groups is 1. The molecule has 1 aromatic carbocycles. The Morgan fingerprint density at radius 1 is 1.50 bits per heavy atom. The van der Waals surface area contributed by atoms with Gasteiger partial charge in [0.05, 0.1) is 18.8 Å². The first-order valence-electron chi connectivity index (χ1n) is 7.13. The van der Waals surface area contributed by atoms with Crippen LogP contribution in [0.5, 0.6) is 5.75 Å². The predicted octanol–water partition coefficient (Wildman–Crippen LogP) is 3.23. The van der Waals surface area contributed by atoms with E-state index in [1.54, 1.807) is 18.3 Å². The molecule has 0 unspecified atom stereocenters. The summed E-state index contributed by atoms with van der Waals surface area (Å²) in [5, 5.41) is 10.1. The molecule has 1 N–H and O–H groups in total. The molecule has 2 aromatic rings. The van der Waals surface area contributed by atoms with Gasteiger partial charge in [-0.05, 0) is 31.5 Å². The molecule has 1 aliphatic rings. The van der Waals surface area contributed by atoms with E-state index in [1.165, 1.54) is 11.3 Å². The highest BCUT2D eigenvalue weighted by atomic mass is 32.1. The monoisotopic (exact) mass is 319 g/mol. The summed E-state index contributed by atoms with van der Waals surface area (Å²) in [6, 6.07) is 5.04. The van der Waals surface area contributed by atoms with E-state index in [9.17, 15) is 9.90 Å². The highest BCUT2D eigenvalue weighted by Gasteiger charge is 2.17. The SMILES string of the molecule is Cc1cnc(-c2cc(OC[C@H]3CCOC3)cc(C(=O)O)c2)s1. The second-order valence-electron chi connectivity index (χ2n) is 5.37. The first-order valence-corrected chi connectivity index (χ1v) is 7.95. The Morgan fingerprint density at radius 3 is 3.00 bits per heavy atom. The Labute approximate surface area is 132 Å². The molecule has 0 radical (unpaired) electrons. The van der Waals surface area contributed by atoms with Crippen LogP contribution >= 0.6 is 11.3 Å². The quantitative estimate of drug-likeness (QED) is 0.916. The molecular formula is C16H17NO4S. The topological polar surface area (TPSA) is 68.7 Å². The third-order valence-electron chi connectivity index (χ3n) is 3.53. The summed E-state index contributed by atoms with van der Waals surface area (Å²) in [6.45, 7) is 3.99. The summed E-state index contributed by atoms with van der Waals surface area (Å²) >= 11 is 1.53. The van der Waals surface area contributed by atoms with Crippen LogP contribution in [0.15, 0.2) is 24.4 Å². The van der Waals surface area contributed by atoms with E-state index in [4.69, 9.17) is 9.47 Å². The summed E-state index contributed by atoms with van der Waals surface area (Å²) in [5.74, 6) is -0.0297. The van der Waals surface area contributed by atoms with E-state index < -0.39 is 5.97 Å². The summed E-state index contributed by atoms with van der Waals surface area (Å²) in [5.41, 5.74) is 0.985. The van der Waals surface area contributed by atoms with Gasteiger partial charge in [-0.15, -0.1) is 11.3 Å². The first-order chi connectivity index (χ1) is 10.6. The van der Waals surface area contributed by atoms with Gasteiger partial charge in [0.15, 0.2) is 0 Å². The van der Waals surface area contributed by atoms with Crippen molar-refractivity contribution in [3.8, 4) is 16.3 Å². The van der Waals surface area contributed by atoms with Gasteiger partial charge in [0, 0.05) is 29.2 Å². The lowest BCUT2D eigenvalue weighted by Crippen LogP contribution is -2.12. The normalized spacial score (nSPS) is 17.6. The Bertz CT molecular complexity index is 677. The number of rotatable bonds is 5. The molecule has 1 atom stereocenters. The van der Waals surface area contributed by atoms with Gasteiger partial charge in [0.25, 0.3) is 0 Å². The lowest BCUT2D eigenvalue weighted by atomic mass is 10.1. The predicted molar refractivity (Wildman–Crippen MR) is 83.7 cm³/mol. The highest BCUT2D eigenvalue weighted by molar-refractivity contribution is 7.14. The number of carboxylic acids is 1. The van der Waals surface area contributed by atoms with E-state index in [0.29, 0.717) is 24.9 Å². The summed E-state index contributed by atoms with van der Waals surface area (Å²) < 4.78 is 11.1. The van der Waals surface area contributed by atoms with Gasteiger partial charge in [0.1, 0.15) is 10.8 Å². The fourth-order valence-corrected chi connectivity index (χ4v) is 3.10. The lowest BCUT2D eigenvalue weighted by molar-refractivity contribution is 0.0696. The molecule has 1 saturated heterocycles. The minimum atomic E-state index is -0.968. The van der Waals surface area contributed by atoms with Crippen LogP contribution in [0, 0.1) is 12.8 Å². The maximum absolute atomic E-state index is 11.3. The van der Waals surface area contributed by atoms with Crippen LogP contribution in [0.4, 0.5) is 0 Å². The van der Waals surface area contributed by atoms with Gasteiger partial charge in [-0.1, -0.05) is 0 Å². The molecule has 0 bridgehead atoms. The molecular weight excluding hydrogens is 302 g/mol. The minimum absolute atomic E-state index is 0.211. The van der Waals surface area contributed by atoms with Crippen molar-refractivity contribution in [1.82, 2.24) is 4.98 Å². The molecule has 22 heavy (non-hydrogen) atoms. The molecule has 3 rings (SSSR count). The molecule has 0 amide bonds. The van der Waals surface area contributed by atoms with Crippen LogP contribution in [-0.4, -0.2) is 35.9 Å². The van der Waals surface area contributed by atoms with Crippen molar-refractivity contribution < 1.29 is 19.4 Å². The van der Waals surface area contributed by atoms with Crippen LogP contribution in [0.3, 0.4) is 0 Å². The van der Waals surface area contributed by atoms with Crippen molar-refractivity contribution in [2.24, 2.45) is 5.92 Å². The zero-order valence-electron chi connectivity index (χ0n) is 12.2. The summed E-state index contributed by atoms with van der Waals surface area (Å²) in [6.07, 6.45) is 2.76. The van der Waals surface area contributed by atoms with Crippen LogP contribution in [0.25, 0.3) is 10.6 Å². The largest absolute Gasteiger partial charge is 0.493 e. The fourth-order valence-electron chi connectivity index (χ4n) is 2.35. The number of aryl methyl sites for hydroxylation is 1. The fraction of sp³-hybridized carbons (Fsp3) is 0.375. The van der Waals surface area contributed by atoms with Gasteiger partial charge in [-0.25, -0.2) is 9.78 Å². The van der Waals surface area contributed by atoms with E-state index in [1.807, 2.05) is 13.0 Å². The molecule has 1 aromatic heterocycles. The summed E-state index contributed by atoms with van der Waals surface area (Å²) in [7, 11) is 0. The zero-order valence-corrected chi connectivity index (χ0v) is 13.1. The van der Waals surface area contributed by atoms with Crippen LogP contribution < -0.4 is 4.74 Å². The lowest BCUT2D eigenvalue weighted by Gasteiger charge is -2.12.